The van der Waals surface area contributed by atoms with Crippen LogP contribution in [0.1, 0.15) is 21.8 Å². The van der Waals surface area contributed by atoms with Crippen LogP contribution in [0, 0.1) is 13.8 Å². The van der Waals surface area contributed by atoms with Crippen molar-refractivity contribution >= 4 is 17.1 Å². The first-order valence-electron chi connectivity index (χ1n) is 4.19. The van der Waals surface area contributed by atoms with Crippen molar-refractivity contribution in [1.29, 1.82) is 0 Å². The topological polar surface area (TPSA) is 63.3 Å². The third-order valence-electron chi connectivity index (χ3n) is 2.13. The van der Waals surface area contributed by atoms with E-state index in [1.54, 1.807) is 0 Å². The van der Waals surface area contributed by atoms with Crippen LogP contribution in [0.25, 0.3) is 11.1 Å². The summed E-state index contributed by atoms with van der Waals surface area (Å²) >= 11 is 0. The third-order valence-corrected chi connectivity index (χ3v) is 2.13. The van der Waals surface area contributed by atoms with Crippen molar-refractivity contribution in [3.05, 3.63) is 29.2 Å². The highest BCUT2D eigenvalue weighted by Gasteiger charge is 2.14. The number of aromatic carboxylic acids is 1. The second-order valence-electron chi connectivity index (χ2n) is 3.20. The monoisotopic (exact) mass is 191 g/mol. The van der Waals surface area contributed by atoms with E-state index in [4.69, 9.17) is 9.52 Å². The number of aryl methyl sites for hydroxylation is 2. The van der Waals surface area contributed by atoms with Gasteiger partial charge in [0.2, 0.25) is 0 Å². The van der Waals surface area contributed by atoms with Crippen LogP contribution in [-0.2, 0) is 0 Å². The molecule has 0 bridgehead atoms. The zero-order valence-corrected chi connectivity index (χ0v) is 7.87. The van der Waals surface area contributed by atoms with Gasteiger partial charge in [-0.25, -0.2) is 9.78 Å². The van der Waals surface area contributed by atoms with Crippen molar-refractivity contribution in [3.8, 4) is 0 Å². The number of benzene rings is 1. The molecule has 2 rings (SSSR count). The Hall–Kier alpha value is -1.84. The average molecular weight is 191 g/mol. The molecule has 0 amide bonds. The number of carbonyl (C=O) groups is 1. The summed E-state index contributed by atoms with van der Waals surface area (Å²) in [5, 5.41) is 8.71. The molecule has 72 valence electrons. The Morgan fingerprint density at radius 1 is 1.36 bits per heavy atom. The van der Waals surface area contributed by atoms with Gasteiger partial charge >= 0.3 is 11.9 Å². The van der Waals surface area contributed by atoms with E-state index in [0.717, 1.165) is 11.1 Å². The first-order chi connectivity index (χ1) is 6.59. The molecule has 14 heavy (non-hydrogen) atoms. The summed E-state index contributed by atoms with van der Waals surface area (Å²) in [5.41, 5.74) is 3.00. The molecule has 0 unspecified atom stereocenters. The minimum Gasteiger partial charge on any atom is -0.474 e. The smallest absolute Gasteiger partial charge is 0.392 e. The molecule has 1 N–H and O–H groups in total. The molecule has 0 saturated carbocycles. The SMILES string of the molecule is Cc1ccc(C)c2oc(C(=O)O)nc12. The van der Waals surface area contributed by atoms with Gasteiger partial charge in [0.05, 0.1) is 0 Å². The van der Waals surface area contributed by atoms with Gasteiger partial charge in [-0.1, -0.05) is 12.1 Å². The summed E-state index contributed by atoms with van der Waals surface area (Å²) in [6.07, 6.45) is 0. The maximum absolute atomic E-state index is 10.6. The summed E-state index contributed by atoms with van der Waals surface area (Å²) in [4.78, 5) is 14.5. The van der Waals surface area contributed by atoms with Gasteiger partial charge < -0.3 is 9.52 Å². The molecule has 1 aromatic heterocycles. The third kappa shape index (κ3) is 1.16. The van der Waals surface area contributed by atoms with Crippen molar-refractivity contribution in [1.82, 2.24) is 4.98 Å². The molecule has 0 radical (unpaired) electrons. The summed E-state index contributed by atoms with van der Waals surface area (Å²) in [7, 11) is 0. The van der Waals surface area contributed by atoms with E-state index < -0.39 is 5.97 Å². The molecule has 2 aromatic rings. The zero-order chi connectivity index (χ0) is 10.3. The second-order valence-corrected chi connectivity index (χ2v) is 3.20. The number of fused-ring (bicyclic) bond motifs is 1. The Balaban J connectivity index is 2.82. The van der Waals surface area contributed by atoms with Crippen molar-refractivity contribution < 1.29 is 14.3 Å². The van der Waals surface area contributed by atoms with Crippen molar-refractivity contribution in [3.63, 3.8) is 0 Å². The van der Waals surface area contributed by atoms with Gasteiger partial charge in [0, 0.05) is 0 Å². The van der Waals surface area contributed by atoms with Gasteiger partial charge in [-0.15, -0.1) is 0 Å². The zero-order valence-electron chi connectivity index (χ0n) is 7.87. The Bertz CT molecular complexity index is 474. The first-order valence-corrected chi connectivity index (χ1v) is 4.19. The molecule has 0 fully saturated rings. The van der Waals surface area contributed by atoms with Crippen LogP contribution in [0.15, 0.2) is 16.5 Å². The summed E-state index contributed by atoms with van der Waals surface area (Å²) in [6.45, 7) is 3.73. The molecule has 0 saturated heterocycles. The average Bonchev–Trinajstić information content (AvgIpc) is 2.57. The van der Waals surface area contributed by atoms with Crippen LogP contribution < -0.4 is 0 Å². The van der Waals surface area contributed by atoms with E-state index in [1.807, 2.05) is 26.0 Å². The number of nitrogens with zero attached hydrogens (tertiary/aromatic N) is 1. The highest BCUT2D eigenvalue weighted by molar-refractivity contribution is 5.88. The minimum atomic E-state index is -1.14. The quantitative estimate of drug-likeness (QED) is 0.750. The van der Waals surface area contributed by atoms with Crippen LogP contribution in [-0.4, -0.2) is 16.1 Å². The van der Waals surface area contributed by atoms with E-state index in [-0.39, 0.29) is 5.89 Å². The predicted molar refractivity (Wildman–Crippen MR) is 50.4 cm³/mol. The Kier molecular flexibility index (Phi) is 1.77. The maximum atomic E-state index is 10.6. The first kappa shape index (κ1) is 8.74. The Morgan fingerprint density at radius 2 is 2.00 bits per heavy atom. The normalized spacial score (nSPS) is 10.7. The number of oxazole rings is 1. The van der Waals surface area contributed by atoms with E-state index in [2.05, 4.69) is 4.98 Å². The highest BCUT2D eigenvalue weighted by Crippen LogP contribution is 2.22. The lowest BCUT2D eigenvalue weighted by atomic mass is 10.1. The van der Waals surface area contributed by atoms with Gasteiger partial charge in [0.1, 0.15) is 5.52 Å². The standard InChI is InChI=1S/C10H9NO3/c1-5-3-4-6(2)8-7(5)11-9(14-8)10(12)13/h3-4H,1-2H3,(H,12,13). The number of carboxylic acid groups (broad SMARTS) is 1. The molecule has 0 spiro atoms. The Labute approximate surface area is 80.2 Å². The highest BCUT2D eigenvalue weighted by atomic mass is 16.4. The predicted octanol–water partition coefficient (Wildman–Crippen LogP) is 2.14. The van der Waals surface area contributed by atoms with E-state index >= 15 is 0 Å². The molecule has 4 heteroatoms. The number of rotatable bonds is 1. The van der Waals surface area contributed by atoms with Crippen molar-refractivity contribution in [2.24, 2.45) is 0 Å². The minimum absolute atomic E-state index is 0.252. The molecular weight excluding hydrogens is 182 g/mol. The fourth-order valence-corrected chi connectivity index (χ4v) is 1.35. The van der Waals surface area contributed by atoms with Gasteiger partial charge in [0.15, 0.2) is 5.58 Å². The van der Waals surface area contributed by atoms with Crippen LogP contribution in [0.5, 0.6) is 0 Å². The van der Waals surface area contributed by atoms with Crippen LogP contribution >= 0.6 is 0 Å². The van der Waals surface area contributed by atoms with Gasteiger partial charge in [-0.3, -0.25) is 0 Å². The van der Waals surface area contributed by atoms with E-state index in [1.165, 1.54) is 0 Å². The molecule has 0 aliphatic carbocycles. The molecule has 0 atom stereocenters. The number of aromatic nitrogens is 1. The number of carboxylic acids is 1. The Morgan fingerprint density at radius 3 is 2.57 bits per heavy atom. The lowest BCUT2D eigenvalue weighted by molar-refractivity contribution is 0.0656. The molecule has 4 nitrogen and oxygen atoms in total. The van der Waals surface area contributed by atoms with Crippen molar-refractivity contribution in [2.45, 2.75) is 13.8 Å². The van der Waals surface area contributed by atoms with Gasteiger partial charge in [-0.2, -0.15) is 0 Å². The molecule has 0 aliphatic heterocycles. The summed E-state index contributed by atoms with van der Waals surface area (Å²) in [5.74, 6) is -1.39. The number of hydrogen-bond donors (Lipinski definition) is 1. The fourth-order valence-electron chi connectivity index (χ4n) is 1.35. The van der Waals surface area contributed by atoms with Crippen LogP contribution in [0.3, 0.4) is 0 Å². The fraction of sp³-hybridized carbons (Fsp3) is 0.200. The molecule has 1 aromatic carbocycles. The van der Waals surface area contributed by atoms with Crippen molar-refractivity contribution in [2.75, 3.05) is 0 Å². The van der Waals surface area contributed by atoms with Crippen LogP contribution in [0.4, 0.5) is 0 Å². The lowest BCUT2D eigenvalue weighted by Gasteiger charge is -1.94. The van der Waals surface area contributed by atoms with Gasteiger partial charge in [0.25, 0.3) is 0 Å². The molecule has 0 aliphatic rings. The molecule has 1 heterocycles. The van der Waals surface area contributed by atoms with E-state index in [0.29, 0.717) is 11.1 Å². The van der Waals surface area contributed by atoms with Crippen LogP contribution in [0.2, 0.25) is 0 Å². The largest absolute Gasteiger partial charge is 0.474 e. The second kappa shape index (κ2) is 2.83. The van der Waals surface area contributed by atoms with E-state index in [9.17, 15) is 4.79 Å². The van der Waals surface area contributed by atoms with Gasteiger partial charge in [-0.05, 0) is 25.0 Å². The number of hydrogen-bond acceptors (Lipinski definition) is 3. The maximum Gasteiger partial charge on any atom is 0.392 e. The summed E-state index contributed by atoms with van der Waals surface area (Å²) in [6, 6.07) is 3.78. The summed E-state index contributed by atoms with van der Waals surface area (Å²) < 4.78 is 5.13. The lowest BCUT2D eigenvalue weighted by Crippen LogP contribution is -1.94. The molecular formula is C10H9NO3.